The van der Waals surface area contributed by atoms with Crippen molar-refractivity contribution in [3.05, 3.63) is 35.9 Å². The van der Waals surface area contributed by atoms with Crippen molar-refractivity contribution >= 4 is 35.9 Å². The summed E-state index contributed by atoms with van der Waals surface area (Å²) in [6.45, 7) is 0. The van der Waals surface area contributed by atoms with E-state index in [4.69, 9.17) is 0 Å². The molecule has 2 N–H and O–H groups in total. The van der Waals surface area contributed by atoms with Gasteiger partial charge in [-0.15, -0.1) is 24.2 Å². The number of carbonyl (C=O) groups is 2. The minimum absolute atomic E-state index is 0. The lowest BCUT2D eigenvalue weighted by Gasteiger charge is -2.29. The van der Waals surface area contributed by atoms with E-state index in [1.54, 1.807) is 0 Å². The molecule has 126 valence electrons. The van der Waals surface area contributed by atoms with Crippen molar-refractivity contribution in [2.45, 2.75) is 43.8 Å². The average Bonchev–Trinajstić information content (AvgIpc) is 2.87. The predicted molar refractivity (Wildman–Crippen MR) is 96.5 cm³/mol. The van der Waals surface area contributed by atoms with Gasteiger partial charge in [0.1, 0.15) is 0 Å². The van der Waals surface area contributed by atoms with E-state index in [0.717, 1.165) is 12.8 Å². The minimum Gasteiger partial charge on any atom is -0.353 e. The number of fused-ring (bicyclic) bond motifs is 2. The van der Waals surface area contributed by atoms with Gasteiger partial charge in [0, 0.05) is 23.7 Å². The Labute approximate surface area is 147 Å². The maximum atomic E-state index is 12.0. The Morgan fingerprint density at radius 3 is 2.39 bits per heavy atom. The van der Waals surface area contributed by atoms with Gasteiger partial charge in [-0.3, -0.25) is 9.59 Å². The van der Waals surface area contributed by atoms with Gasteiger partial charge in [-0.2, -0.15) is 0 Å². The molecule has 4 nitrogen and oxygen atoms in total. The molecule has 1 aromatic carbocycles. The van der Waals surface area contributed by atoms with Crippen LogP contribution < -0.4 is 10.6 Å². The van der Waals surface area contributed by atoms with Crippen LogP contribution in [0.5, 0.6) is 0 Å². The zero-order valence-electron chi connectivity index (χ0n) is 13.0. The van der Waals surface area contributed by atoms with Crippen molar-refractivity contribution in [2.24, 2.45) is 0 Å². The number of ketones is 1. The number of hydrogen-bond donors (Lipinski definition) is 2. The summed E-state index contributed by atoms with van der Waals surface area (Å²) in [4.78, 5) is 23.9. The number of carbonyl (C=O) groups excluding carboxylic acids is 2. The SMILES string of the molecule is Cl.O=C(CSCC(=O)c1ccccc1)NC1CC2CCC(C1)N2. The third-order valence-electron chi connectivity index (χ3n) is 4.40. The van der Waals surface area contributed by atoms with Crippen molar-refractivity contribution in [1.29, 1.82) is 0 Å². The summed E-state index contributed by atoms with van der Waals surface area (Å²) in [6, 6.07) is 10.7. The molecule has 0 radical (unpaired) electrons. The fourth-order valence-corrected chi connectivity index (χ4v) is 4.11. The number of amides is 1. The highest BCUT2D eigenvalue weighted by Crippen LogP contribution is 2.26. The van der Waals surface area contributed by atoms with Crippen LogP contribution in [0.15, 0.2) is 30.3 Å². The molecule has 1 amide bonds. The van der Waals surface area contributed by atoms with E-state index in [1.807, 2.05) is 30.3 Å². The van der Waals surface area contributed by atoms with Gasteiger partial charge < -0.3 is 10.6 Å². The fourth-order valence-electron chi connectivity index (χ4n) is 3.39. The summed E-state index contributed by atoms with van der Waals surface area (Å²) in [7, 11) is 0. The molecule has 0 spiro atoms. The fraction of sp³-hybridized carbons (Fsp3) is 0.529. The van der Waals surface area contributed by atoms with Gasteiger partial charge in [-0.25, -0.2) is 0 Å². The van der Waals surface area contributed by atoms with Crippen molar-refractivity contribution in [3.8, 4) is 0 Å². The van der Waals surface area contributed by atoms with E-state index in [2.05, 4.69) is 10.6 Å². The Morgan fingerprint density at radius 2 is 1.74 bits per heavy atom. The molecule has 2 fully saturated rings. The third-order valence-corrected chi connectivity index (χ3v) is 5.33. The van der Waals surface area contributed by atoms with Crippen molar-refractivity contribution in [2.75, 3.05) is 11.5 Å². The lowest BCUT2D eigenvalue weighted by Crippen LogP contribution is -2.48. The molecule has 0 aromatic heterocycles. The molecule has 2 saturated heterocycles. The Hall–Kier alpha value is -1.04. The summed E-state index contributed by atoms with van der Waals surface area (Å²) in [5.41, 5.74) is 0.713. The van der Waals surface area contributed by atoms with E-state index in [0.29, 0.717) is 35.2 Å². The summed E-state index contributed by atoms with van der Waals surface area (Å²) in [6.07, 6.45) is 4.54. The maximum Gasteiger partial charge on any atom is 0.230 e. The molecule has 2 atom stereocenters. The largest absolute Gasteiger partial charge is 0.353 e. The second-order valence-electron chi connectivity index (χ2n) is 6.16. The van der Waals surface area contributed by atoms with Crippen LogP contribution in [-0.2, 0) is 4.79 Å². The Balaban J connectivity index is 0.00000192. The van der Waals surface area contributed by atoms with Crippen LogP contribution >= 0.6 is 24.2 Å². The zero-order chi connectivity index (χ0) is 15.4. The zero-order valence-corrected chi connectivity index (χ0v) is 14.6. The number of hydrogen-bond acceptors (Lipinski definition) is 4. The lowest BCUT2D eigenvalue weighted by molar-refractivity contribution is -0.119. The molecule has 0 aliphatic carbocycles. The van der Waals surface area contributed by atoms with E-state index in [1.165, 1.54) is 24.6 Å². The molecule has 2 aliphatic heterocycles. The van der Waals surface area contributed by atoms with Crippen LogP contribution in [0.2, 0.25) is 0 Å². The number of nitrogens with one attached hydrogen (secondary N) is 2. The molecule has 0 saturated carbocycles. The van der Waals surface area contributed by atoms with Crippen LogP contribution in [0.4, 0.5) is 0 Å². The second kappa shape index (κ2) is 8.71. The van der Waals surface area contributed by atoms with Crippen LogP contribution in [0, 0.1) is 0 Å². The Bertz CT molecular complexity index is 529. The molecular weight excluding hydrogens is 332 g/mol. The van der Waals surface area contributed by atoms with Gasteiger partial charge in [0.2, 0.25) is 5.91 Å². The highest BCUT2D eigenvalue weighted by molar-refractivity contribution is 8.00. The molecular formula is C17H23ClN2O2S. The number of Topliss-reactive ketones (excluding diaryl/α,β-unsaturated/α-hetero) is 1. The summed E-state index contributed by atoms with van der Waals surface area (Å²) in [5.74, 6) is 0.850. The number of piperidine rings is 1. The number of benzene rings is 1. The van der Waals surface area contributed by atoms with Crippen molar-refractivity contribution in [1.82, 2.24) is 10.6 Å². The first-order valence-corrected chi connectivity index (χ1v) is 9.07. The van der Waals surface area contributed by atoms with Crippen molar-refractivity contribution < 1.29 is 9.59 Å². The number of halogens is 1. The molecule has 2 aliphatic rings. The first-order chi connectivity index (χ1) is 10.7. The smallest absolute Gasteiger partial charge is 0.230 e. The Kier molecular flexibility index (Phi) is 6.93. The molecule has 2 unspecified atom stereocenters. The molecule has 23 heavy (non-hydrogen) atoms. The molecule has 2 heterocycles. The van der Waals surface area contributed by atoms with Gasteiger partial charge in [-0.1, -0.05) is 30.3 Å². The summed E-state index contributed by atoms with van der Waals surface area (Å²) >= 11 is 1.39. The van der Waals surface area contributed by atoms with E-state index >= 15 is 0 Å². The summed E-state index contributed by atoms with van der Waals surface area (Å²) < 4.78 is 0. The second-order valence-corrected chi connectivity index (χ2v) is 7.14. The quantitative estimate of drug-likeness (QED) is 0.770. The summed E-state index contributed by atoms with van der Waals surface area (Å²) in [5, 5.41) is 6.69. The number of thioether (sulfide) groups is 1. The normalized spacial score (nSPS) is 25.5. The highest BCUT2D eigenvalue weighted by atomic mass is 35.5. The van der Waals surface area contributed by atoms with E-state index in [-0.39, 0.29) is 24.1 Å². The van der Waals surface area contributed by atoms with Crippen LogP contribution in [0.25, 0.3) is 0 Å². The monoisotopic (exact) mass is 354 g/mol. The first-order valence-electron chi connectivity index (χ1n) is 7.92. The highest BCUT2D eigenvalue weighted by Gasteiger charge is 2.33. The van der Waals surface area contributed by atoms with Gasteiger partial charge in [0.05, 0.1) is 11.5 Å². The standard InChI is InChI=1S/C17H22N2O2S.ClH/c20-16(12-4-2-1-3-5-12)10-22-11-17(21)19-15-8-13-6-7-14(9-15)18-13;/h1-5,13-15,18H,6-11H2,(H,19,21);1H. The van der Waals surface area contributed by atoms with Gasteiger partial charge in [0.15, 0.2) is 5.78 Å². The van der Waals surface area contributed by atoms with Crippen LogP contribution in [0.3, 0.4) is 0 Å². The minimum atomic E-state index is 0. The van der Waals surface area contributed by atoms with Gasteiger partial charge in [-0.05, 0) is 25.7 Å². The first kappa shape index (κ1) is 18.3. The topological polar surface area (TPSA) is 58.2 Å². The van der Waals surface area contributed by atoms with E-state index in [9.17, 15) is 9.59 Å². The van der Waals surface area contributed by atoms with Gasteiger partial charge >= 0.3 is 0 Å². The van der Waals surface area contributed by atoms with E-state index < -0.39 is 0 Å². The molecule has 2 bridgehead atoms. The van der Waals surface area contributed by atoms with Crippen molar-refractivity contribution in [3.63, 3.8) is 0 Å². The predicted octanol–water partition coefficient (Wildman–Crippen LogP) is 2.42. The van der Waals surface area contributed by atoms with Crippen LogP contribution in [0.1, 0.15) is 36.0 Å². The number of rotatable bonds is 6. The average molecular weight is 355 g/mol. The Morgan fingerprint density at radius 1 is 1.09 bits per heavy atom. The molecule has 3 rings (SSSR count). The third kappa shape index (κ3) is 5.23. The molecule has 6 heteroatoms. The van der Waals surface area contributed by atoms with Crippen LogP contribution in [-0.4, -0.2) is 41.3 Å². The maximum absolute atomic E-state index is 12.0. The van der Waals surface area contributed by atoms with Gasteiger partial charge in [0.25, 0.3) is 0 Å². The lowest BCUT2D eigenvalue weighted by atomic mass is 10.00. The molecule has 1 aromatic rings.